The van der Waals surface area contributed by atoms with Gasteiger partial charge in [0.05, 0.1) is 0 Å². The molecule has 0 aromatic carbocycles. The molecule has 1 aliphatic carbocycles. The standard InChI is InChI=1S/C5H10N2O/c1-7-4(8)5(6)2-3-5/h2-3,6H2,1H3,(H,7,8)/p+1. The molecule has 46 valence electrons. The predicted molar refractivity (Wildman–Crippen MR) is 28.9 cm³/mol. The lowest BCUT2D eigenvalue weighted by atomic mass is 10.3. The third kappa shape index (κ3) is 0.690. The van der Waals surface area contributed by atoms with E-state index in [-0.39, 0.29) is 11.4 Å². The Morgan fingerprint density at radius 2 is 2.25 bits per heavy atom. The van der Waals surface area contributed by atoms with Crippen LogP contribution in [0.4, 0.5) is 0 Å². The molecule has 0 atom stereocenters. The zero-order chi connectivity index (χ0) is 6.20. The number of nitrogens with one attached hydrogen (secondary N) is 1. The van der Waals surface area contributed by atoms with Crippen LogP contribution in [0.15, 0.2) is 0 Å². The van der Waals surface area contributed by atoms with Gasteiger partial charge in [0.2, 0.25) is 0 Å². The van der Waals surface area contributed by atoms with E-state index >= 15 is 0 Å². The average Bonchev–Trinajstić information content (AvgIpc) is 2.47. The molecule has 0 aromatic heterocycles. The van der Waals surface area contributed by atoms with Crippen LogP contribution in [-0.2, 0) is 4.79 Å². The molecule has 1 saturated carbocycles. The third-order valence-electron chi connectivity index (χ3n) is 1.56. The molecule has 1 amide bonds. The molecule has 1 aliphatic rings. The zero-order valence-corrected chi connectivity index (χ0v) is 5.03. The number of carbonyl (C=O) groups is 1. The number of hydrogen-bond acceptors (Lipinski definition) is 1. The van der Waals surface area contributed by atoms with Crippen LogP contribution < -0.4 is 11.1 Å². The van der Waals surface area contributed by atoms with Crippen molar-refractivity contribution in [3.63, 3.8) is 0 Å². The molecule has 1 fully saturated rings. The molecule has 0 heterocycles. The number of likely N-dealkylation sites (N-methyl/N-ethyl adjacent to an activating group) is 1. The van der Waals surface area contributed by atoms with Crippen molar-refractivity contribution in [3.05, 3.63) is 0 Å². The van der Waals surface area contributed by atoms with Gasteiger partial charge >= 0.3 is 0 Å². The monoisotopic (exact) mass is 115 g/mol. The molecule has 1 rings (SSSR count). The van der Waals surface area contributed by atoms with Crippen molar-refractivity contribution in [2.24, 2.45) is 0 Å². The maximum Gasteiger partial charge on any atom is 0.281 e. The second-order valence-electron chi connectivity index (χ2n) is 2.36. The van der Waals surface area contributed by atoms with Gasteiger partial charge < -0.3 is 11.1 Å². The Morgan fingerprint density at radius 3 is 2.38 bits per heavy atom. The van der Waals surface area contributed by atoms with Gasteiger partial charge in [0.1, 0.15) is 0 Å². The number of carbonyl (C=O) groups excluding carboxylic acids is 1. The lowest BCUT2D eigenvalue weighted by molar-refractivity contribution is -0.420. The van der Waals surface area contributed by atoms with Crippen molar-refractivity contribution in [2.75, 3.05) is 7.05 Å². The highest BCUT2D eigenvalue weighted by atomic mass is 16.2. The lowest BCUT2D eigenvalue weighted by Gasteiger charge is -1.99. The third-order valence-corrected chi connectivity index (χ3v) is 1.56. The van der Waals surface area contributed by atoms with Gasteiger partial charge in [0.15, 0.2) is 5.54 Å². The molecule has 0 radical (unpaired) electrons. The zero-order valence-electron chi connectivity index (χ0n) is 5.03. The SMILES string of the molecule is CNC(=O)C1([NH3+])CC1. The molecule has 8 heavy (non-hydrogen) atoms. The largest absolute Gasteiger partial charge is 0.354 e. The van der Waals surface area contributed by atoms with Crippen LogP contribution >= 0.6 is 0 Å². The molecule has 4 N–H and O–H groups in total. The molecular weight excluding hydrogens is 104 g/mol. The highest BCUT2D eigenvalue weighted by Gasteiger charge is 2.50. The summed E-state index contributed by atoms with van der Waals surface area (Å²) in [5, 5.41) is 2.57. The Bertz CT molecular complexity index is 118. The molecule has 3 heteroatoms. The molecule has 0 aromatic rings. The Hall–Kier alpha value is -0.570. The van der Waals surface area contributed by atoms with E-state index in [0.717, 1.165) is 12.8 Å². The molecule has 0 spiro atoms. The van der Waals surface area contributed by atoms with Crippen LogP contribution in [0.2, 0.25) is 0 Å². The van der Waals surface area contributed by atoms with E-state index in [9.17, 15) is 4.79 Å². The molecule has 0 bridgehead atoms. The first kappa shape index (κ1) is 5.56. The van der Waals surface area contributed by atoms with E-state index in [4.69, 9.17) is 0 Å². The fraction of sp³-hybridized carbons (Fsp3) is 0.800. The Labute approximate surface area is 48.2 Å². The normalized spacial score (nSPS) is 22.2. The summed E-state index contributed by atoms with van der Waals surface area (Å²) in [7, 11) is 1.65. The van der Waals surface area contributed by atoms with Crippen molar-refractivity contribution < 1.29 is 10.5 Å². The van der Waals surface area contributed by atoms with Gasteiger partial charge in [-0.05, 0) is 0 Å². The van der Waals surface area contributed by atoms with Crippen molar-refractivity contribution >= 4 is 5.91 Å². The average molecular weight is 115 g/mol. The van der Waals surface area contributed by atoms with E-state index in [1.54, 1.807) is 7.05 Å². The number of amides is 1. The van der Waals surface area contributed by atoms with Gasteiger partial charge in [-0.25, -0.2) is 0 Å². The maximum atomic E-state index is 10.7. The Morgan fingerprint density at radius 1 is 1.75 bits per heavy atom. The highest BCUT2D eigenvalue weighted by Crippen LogP contribution is 2.29. The summed E-state index contributed by atoms with van der Waals surface area (Å²) in [5.41, 5.74) is 3.50. The molecule has 0 saturated heterocycles. The summed E-state index contributed by atoms with van der Waals surface area (Å²) in [6.07, 6.45) is 1.90. The van der Waals surface area contributed by atoms with Crippen molar-refractivity contribution in [1.82, 2.24) is 5.32 Å². The van der Waals surface area contributed by atoms with Crippen LogP contribution in [0.3, 0.4) is 0 Å². The van der Waals surface area contributed by atoms with Crippen molar-refractivity contribution in [2.45, 2.75) is 18.4 Å². The quantitative estimate of drug-likeness (QED) is 0.429. The first-order valence-corrected chi connectivity index (χ1v) is 2.76. The van der Waals surface area contributed by atoms with E-state index in [2.05, 4.69) is 11.1 Å². The summed E-state index contributed by atoms with van der Waals surface area (Å²) >= 11 is 0. The van der Waals surface area contributed by atoms with Gasteiger partial charge in [-0.2, -0.15) is 0 Å². The van der Waals surface area contributed by atoms with Gasteiger partial charge in [-0.1, -0.05) is 0 Å². The predicted octanol–water partition coefficient (Wildman–Crippen LogP) is -1.49. The summed E-state index contributed by atoms with van der Waals surface area (Å²) in [4.78, 5) is 10.7. The molecule has 3 nitrogen and oxygen atoms in total. The lowest BCUT2D eigenvalue weighted by Crippen LogP contribution is -2.69. The molecule has 0 unspecified atom stereocenters. The smallest absolute Gasteiger partial charge is 0.281 e. The summed E-state index contributed by atoms with van der Waals surface area (Å²) in [6.45, 7) is 0. The van der Waals surface area contributed by atoms with Crippen molar-refractivity contribution in [3.8, 4) is 0 Å². The van der Waals surface area contributed by atoms with Crippen LogP contribution in [-0.4, -0.2) is 18.5 Å². The van der Waals surface area contributed by atoms with Gasteiger partial charge in [0.25, 0.3) is 5.91 Å². The maximum absolute atomic E-state index is 10.7. The number of hydrogen-bond donors (Lipinski definition) is 2. The molecule has 0 aliphatic heterocycles. The van der Waals surface area contributed by atoms with E-state index in [1.807, 2.05) is 0 Å². The fourth-order valence-electron chi connectivity index (χ4n) is 0.643. The van der Waals surface area contributed by atoms with Crippen LogP contribution in [0.5, 0.6) is 0 Å². The second-order valence-corrected chi connectivity index (χ2v) is 2.36. The number of rotatable bonds is 1. The van der Waals surface area contributed by atoms with E-state index in [1.165, 1.54) is 0 Å². The number of quaternary nitrogens is 1. The van der Waals surface area contributed by atoms with Crippen LogP contribution in [0.25, 0.3) is 0 Å². The van der Waals surface area contributed by atoms with Gasteiger partial charge in [-0.15, -0.1) is 0 Å². The van der Waals surface area contributed by atoms with Crippen molar-refractivity contribution in [1.29, 1.82) is 0 Å². The van der Waals surface area contributed by atoms with Gasteiger partial charge in [-0.3, -0.25) is 4.79 Å². The minimum Gasteiger partial charge on any atom is -0.354 e. The van der Waals surface area contributed by atoms with Crippen LogP contribution in [0, 0.1) is 0 Å². The van der Waals surface area contributed by atoms with Crippen LogP contribution in [0.1, 0.15) is 12.8 Å². The summed E-state index contributed by atoms with van der Waals surface area (Å²) in [5.74, 6) is 0.0810. The first-order chi connectivity index (χ1) is 3.69. The first-order valence-electron chi connectivity index (χ1n) is 2.76. The summed E-state index contributed by atoms with van der Waals surface area (Å²) < 4.78 is 0. The Balaban J connectivity index is 2.46. The summed E-state index contributed by atoms with van der Waals surface area (Å²) in [6, 6.07) is 0. The van der Waals surface area contributed by atoms with E-state index in [0.29, 0.717) is 0 Å². The fourth-order valence-corrected chi connectivity index (χ4v) is 0.643. The molecular formula is C5H11N2O+. The minimum absolute atomic E-state index is 0.0810. The van der Waals surface area contributed by atoms with E-state index < -0.39 is 0 Å². The highest BCUT2D eigenvalue weighted by molar-refractivity contribution is 5.86. The topological polar surface area (TPSA) is 56.7 Å². The second kappa shape index (κ2) is 1.45. The van der Waals surface area contributed by atoms with Gasteiger partial charge in [0, 0.05) is 19.9 Å². The minimum atomic E-state index is -0.241. The Kier molecular flexibility index (Phi) is 1.01.